The first-order valence-electron chi connectivity index (χ1n) is 7.44. The Bertz CT molecular complexity index is 439. The van der Waals surface area contributed by atoms with Gasteiger partial charge in [0.05, 0.1) is 10.9 Å². The molecule has 2 bridgehead atoms. The molecule has 1 aromatic rings. The molecule has 4 rings (SSSR count). The zero-order valence-electron chi connectivity index (χ0n) is 12.1. The van der Waals surface area contributed by atoms with E-state index < -0.39 is 0 Å². The predicted molar refractivity (Wildman–Crippen MR) is 84.6 cm³/mol. The average Bonchev–Trinajstić information content (AvgIpc) is 2.66. The van der Waals surface area contributed by atoms with E-state index in [1.54, 1.807) is 18.4 Å². The third-order valence-corrected chi connectivity index (χ3v) is 5.71. The minimum absolute atomic E-state index is 0.708. The van der Waals surface area contributed by atoms with Crippen LogP contribution in [-0.2, 0) is 11.3 Å². The summed E-state index contributed by atoms with van der Waals surface area (Å²) in [4.78, 5) is 6.65. The van der Waals surface area contributed by atoms with Gasteiger partial charge in [-0.1, -0.05) is 11.6 Å². The van der Waals surface area contributed by atoms with Gasteiger partial charge in [-0.3, -0.25) is 9.80 Å². The second-order valence-electron chi connectivity index (χ2n) is 5.98. The minimum atomic E-state index is 0.708. The van der Waals surface area contributed by atoms with E-state index in [0.29, 0.717) is 6.04 Å². The molecule has 0 N–H and O–H groups in total. The molecule has 3 aliphatic heterocycles. The monoisotopic (exact) mass is 314 g/mol. The lowest BCUT2D eigenvalue weighted by molar-refractivity contribution is 0.0868. The van der Waals surface area contributed by atoms with Crippen molar-refractivity contribution in [3.05, 3.63) is 21.3 Å². The number of piperidine rings is 1. The topological polar surface area (TPSA) is 15.7 Å². The number of halogens is 1. The van der Waals surface area contributed by atoms with Crippen molar-refractivity contribution in [2.75, 3.05) is 39.9 Å². The SMILES string of the molecule is COCCN1C[C@H]2CC[C@@H]1CN(Cc1ccc(Cl)s1)C2. The summed E-state index contributed by atoms with van der Waals surface area (Å²) in [5, 5.41) is 0. The van der Waals surface area contributed by atoms with E-state index in [9.17, 15) is 0 Å². The molecule has 0 radical (unpaired) electrons. The Labute approximate surface area is 130 Å². The Hall–Kier alpha value is -0.130. The van der Waals surface area contributed by atoms with Gasteiger partial charge < -0.3 is 4.74 Å². The molecule has 20 heavy (non-hydrogen) atoms. The summed E-state index contributed by atoms with van der Waals surface area (Å²) in [6.07, 6.45) is 2.73. The van der Waals surface area contributed by atoms with Crippen molar-refractivity contribution in [3.8, 4) is 0 Å². The Morgan fingerprint density at radius 3 is 2.95 bits per heavy atom. The highest BCUT2D eigenvalue weighted by Gasteiger charge is 2.34. The van der Waals surface area contributed by atoms with E-state index in [-0.39, 0.29) is 0 Å². The molecular formula is C15H23ClN2OS. The van der Waals surface area contributed by atoms with Crippen molar-refractivity contribution in [3.63, 3.8) is 0 Å². The number of fused-ring (bicyclic) bond motifs is 4. The van der Waals surface area contributed by atoms with Crippen LogP contribution in [0.25, 0.3) is 0 Å². The Morgan fingerprint density at radius 2 is 2.20 bits per heavy atom. The first-order chi connectivity index (χ1) is 9.74. The second kappa shape index (κ2) is 6.75. The van der Waals surface area contributed by atoms with Crippen molar-refractivity contribution in [2.24, 2.45) is 5.92 Å². The summed E-state index contributed by atoms with van der Waals surface area (Å²) in [6, 6.07) is 4.89. The van der Waals surface area contributed by atoms with Crippen LogP contribution in [0.3, 0.4) is 0 Å². The second-order valence-corrected chi connectivity index (χ2v) is 7.78. The number of thiophene rings is 1. The molecule has 0 aliphatic carbocycles. The molecule has 0 unspecified atom stereocenters. The van der Waals surface area contributed by atoms with E-state index in [0.717, 1.165) is 30.0 Å². The van der Waals surface area contributed by atoms with Gasteiger partial charge in [-0.25, -0.2) is 0 Å². The summed E-state index contributed by atoms with van der Waals surface area (Å²) in [5.74, 6) is 0.820. The molecule has 3 aliphatic rings. The third-order valence-electron chi connectivity index (χ3n) is 4.49. The zero-order chi connectivity index (χ0) is 13.9. The molecule has 1 aromatic heterocycles. The number of ether oxygens (including phenoxy) is 1. The zero-order valence-corrected chi connectivity index (χ0v) is 13.6. The van der Waals surface area contributed by atoms with Crippen molar-refractivity contribution >= 4 is 22.9 Å². The fourth-order valence-corrected chi connectivity index (χ4v) is 4.67. The van der Waals surface area contributed by atoms with Crippen molar-refractivity contribution < 1.29 is 4.74 Å². The highest BCUT2D eigenvalue weighted by Crippen LogP contribution is 2.30. The number of nitrogens with zero attached hydrogens (tertiary/aromatic N) is 2. The van der Waals surface area contributed by atoms with Gasteiger partial charge in [-0.2, -0.15) is 0 Å². The molecule has 4 heterocycles. The van der Waals surface area contributed by atoms with Crippen LogP contribution in [-0.4, -0.2) is 55.7 Å². The first-order valence-corrected chi connectivity index (χ1v) is 8.63. The lowest BCUT2D eigenvalue weighted by Gasteiger charge is -2.35. The van der Waals surface area contributed by atoms with Gasteiger partial charge in [0.25, 0.3) is 0 Å². The maximum absolute atomic E-state index is 6.04. The highest BCUT2D eigenvalue weighted by molar-refractivity contribution is 7.16. The van der Waals surface area contributed by atoms with E-state index in [1.165, 1.54) is 37.4 Å². The van der Waals surface area contributed by atoms with Gasteiger partial charge in [0.15, 0.2) is 0 Å². The van der Waals surface area contributed by atoms with Gasteiger partial charge in [0, 0.05) is 50.8 Å². The third kappa shape index (κ3) is 3.55. The smallest absolute Gasteiger partial charge is 0.0931 e. The van der Waals surface area contributed by atoms with E-state index in [2.05, 4.69) is 15.9 Å². The number of rotatable bonds is 5. The molecule has 3 saturated heterocycles. The fraction of sp³-hybridized carbons (Fsp3) is 0.733. The van der Waals surface area contributed by atoms with Crippen LogP contribution in [0.1, 0.15) is 17.7 Å². The summed E-state index contributed by atoms with van der Waals surface area (Å²) < 4.78 is 6.15. The first kappa shape index (κ1) is 14.8. The largest absolute Gasteiger partial charge is 0.383 e. The summed E-state index contributed by atoms with van der Waals surface area (Å²) in [7, 11) is 1.79. The van der Waals surface area contributed by atoms with Crippen LogP contribution < -0.4 is 0 Å². The maximum atomic E-state index is 6.04. The minimum Gasteiger partial charge on any atom is -0.383 e. The number of hydrogen-bond donors (Lipinski definition) is 0. The van der Waals surface area contributed by atoms with Crippen LogP contribution in [0.2, 0.25) is 4.34 Å². The van der Waals surface area contributed by atoms with E-state index >= 15 is 0 Å². The molecule has 5 heteroatoms. The van der Waals surface area contributed by atoms with Crippen molar-refractivity contribution in [1.82, 2.24) is 9.80 Å². The molecule has 0 aromatic carbocycles. The van der Waals surface area contributed by atoms with Gasteiger partial charge in [0.2, 0.25) is 0 Å². The van der Waals surface area contributed by atoms with Crippen molar-refractivity contribution in [2.45, 2.75) is 25.4 Å². The Balaban J connectivity index is 1.62. The van der Waals surface area contributed by atoms with Gasteiger partial charge in [-0.05, 0) is 30.9 Å². The fourth-order valence-electron chi connectivity index (χ4n) is 3.54. The van der Waals surface area contributed by atoms with E-state index in [4.69, 9.17) is 16.3 Å². The molecule has 2 atom stereocenters. The normalized spacial score (nSPS) is 27.9. The summed E-state index contributed by atoms with van der Waals surface area (Å²) in [5.41, 5.74) is 0. The molecule has 0 spiro atoms. The molecular weight excluding hydrogens is 292 g/mol. The quantitative estimate of drug-likeness (QED) is 0.831. The van der Waals surface area contributed by atoms with Crippen molar-refractivity contribution in [1.29, 1.82) is 0 Å². The lowest BCUT2D eigenvalue weighted by atomic mass is 9.95. The highest BCUT2D eigenvalue weighted by atomic mass is 35.5. The van der Waals surface area contributed by atoms with Crippen LogP contribution in [0.4, 0.5) is 0 Å². The number of methoxy groups -OCH3 is 1. The Morgan fingerprint density at radius 1 is 1.30 bits per heavy atom. The molecule has 0 amide bonds. The van der Waals surface area contributed by atoms with Crippen LogP contribution in [0.15, 0.2) is 12.1 Å². The molecule has 3 fully saturated rings. The van der Waals surface area contributed by atoms with E-state index in [1.807, 2.05) is 6.07 Å². The summed E-state index contributed by atoms with van der Waals surface area (Å²) in [6.45, 7) is 6.66. The number of hydrogen-bond acceptors (Lipinski definition) is 4. The van der Waals surface area contributed by atoms with Gasteiger partial charge in [-0.15, -0.1) is 11.3 Å². The van der Waals surface area contributed by atoms with Gasteiger partial charge in [0.1, 0.15) is 0 Å². The van der Waals surface area contributed by atoms with Crippen LogP contribution in [0, 0.1) is 5.92 Å². The predicted octanol–water partition coefficient (Wildman–Crippen LogP) is 2.94. The standard InChI is InChI=1S/C15H23ClN2OS/c1-19-7-6-18-9-12-2-3-13(18)10-17(8-12)11-14-4-5-15(16)20-14/h4-5,12-13H,2-3,6-11H2,1H3/t12-,13+/m0/s1. The van der Waals surface area contributed by atoms with Crippen LogP contribution >= 0.6 is 22.9 Å². The maximum Gasteiger partial charge on any atom is 0.0931 e. The molecule has 3 nitrogen and oxygen atoms in total. The molecule has 112 valence electrons. The lowest BCUT2D eigenvalue weighted by Crippen LogP contribution is -2.45. The van der Waals surface area contributed by atoms with Gasteiger partial charge >= 0.3 is 0 Å². The summed E-state index contributed by atoms with van der Waals surface area (Å²) >= 11 is 7.75. The molecule has 0 saturated carbocycles. The Kier molecular flexibility index (Phi) is 5.00. The van der Waals surface area contributed by atoms with Crippen LogP contribution in [0.5, 0.6) is 0 Å². The average molecular weight is 315 g/mol.